The summed E-state index contributed by atoms with van der Waals surface area (Å²) < 4.78 is 0. The van der Waals surface area contributed by atoms with Gasteiger partial charge in [-0.2, -0.15) is 0 Å². The zero-order valence-corrected chi connectivity index (χ0v) is 11.5. The van der Waals surface area contributed by atoms with Gasteiger partial charge in [-0.3, -0.25) is 4.79 Å². The minimum Gasteiger partial charge on any atom is -0.345 e. The summed E-state index contributed by atoms with van der Waals surface area (Å²) in [5.74, 6) is 0.957. The van der Waals surface area contributed by atoms with Crippen LogP contribution < -0.4 is 5.32 Å². The Morgan fingerprint density at radius 2 is 1.88 bits per heavy atom. The second kappa shape index (κ2) is 8.57. The quantitative estimate of drug-likeness (QED) is 0.691. The lowest BCUT2D eigenvalue weighted by atomic mass is 10.0. The van der Waals surface area contributed by atoms with Crippen LogP contribution in [0.3, 0.4) is 0 Å². The monoisotopic (exact) mass is 228 g/mol. The molecule has 0 heterocycles. The number of carbonyl (C=O) groups is 1. The summed E-state index contributed by atoms with van der Waals surface area (Å²) in [7, 11) is 1.84. The third-order valence-corrected chi connectivity index (χ3v) is 2.92. The van der Waals surface area contributed by atoms with Crippen LogP contribution in [-0.2, 0) is 4.79 Å². The van der Waals surface area contributed by atoms with E-state index in [1.807, 2.05) is 14.0 Å². The Labute approximate surface area is 101 Å². The molecule has 3 heteroatoms. The van der Waals surface area contributed by atoms with Gasteiger partial charge in [-0.1, -0.05) is 26.7 Å². The van der Waals surface area contributed by atoms with Crippen molar-refractivity contribution in [2.75, 3.05) is 20.1 Å². The lowest BCUT2D eigenvalue weighted by molar-refractivity contribution is -0.128. The summed E-state index contributed by atoms with van der Waals surface area (Å²) in [5.41, 5.74) is 0. The first-order valence-electron chi connectivity index (χ1n) is 6.44. The summed E-state index contributed by atoms with van der Waals surface area (Å²) in [6, 6.07) is 0.438. The van der Waals surface area contributed by atoms with E-state index >= 15 is 0 Å². The summed E-state index contributed by atoms with van der Waals surface area (Å²) in [4.78, 5) is 13.3. The lowest BCUT2D eigenvalue weighted by Crippen LogP contribution is -2.38. The van der Waals surface area contributed by atoms with Crippen LogP contribution in [-0.4, -0.2) is 37.0 Å². The van der Waals surface area contributed by atoms with Crippen molar-refractivity contribution in [3.63, 3.8) is 0 Å². The van der Waals surface area contributed by atoms with Gasteiger partial charge in [0.25, 0.3) is 0 Å². The van der Waals surface area contributed by atoms with Crippen LogP contribution in [0.2, 0.25) is 0 Å². The molecule has 3 nitrogen and oxygen atoms in total. The highest BCUT2D eigenvalue weighted by Gasteiger charge is 2.08. The Balaban J connectivity index is 3.57. The second-order valence-corrected chi connectivity index (χ2v) is 5.01. The van der Waals surface area contributed by atoms with E-state index in [0.717, 1.165) is 18.9 Å². The van der Waals surface area contributed by atoms with Crippen LogP contribution in [0.4, 0.5) is 0 Å². The Morgan fingerprint density at radius 3 is 2.38 bits per heavy atom. The van der Waals surface area contributed by atoms with Crippen LogP contribution in [0.1, 0.15) is 47.0 Å². The molecule has 0 saturated carbocycles. The van der Waals surface area contributed by atoms with E-state index < -0.39 is 0 Å². The number of likely N-dealkylation sites (N-methyl/N-ethyl adjacent to an activating group) is 1. The Morgan fingerprint density at radius 1 is 1.25 bits per heavy atom. The topological polar surface area (TPSA) is 32.3 Å². The fraction of sp³-hybridized carbons (Fsp3) is 0.923. The average molecular weight is 228 g/mol. The molecule has 0 aliphatic carbocycles. The molecule has 0 aromatic rings. The maximum atomic E-state index is 11.5. The van der Waals surface area contributed by atoms with Crippen molar-refractivity contribution >= 4 is 5.91 Å². The zero-order chi connectivity index (χ0) is 12.6. The number of carbonyl (C=O) groups excluding carboxylic acids is 1. The van der Waals surface area contributed by atoms with Crippen molar-refractivity contribution in [3.05, 3.63) is 0 Å². The first-order valence-corrected chi connectivity index (χ1v) is 6.44. The van der Waals surface area contributed by atoms with Gasteiger partial charge in [-0.05, 0) is 26.2 Å². The molecule has 1 N–H and O–H groups in total. The molecule has 1 amide bonds. The van der Waals surface area contributed by atoms with Crippen LogP contribution in [0.5, 0.6) is 0 Å². The van der Waals surface area contributed by atoms with E-state index in [1.165, 1.54) is 12.8 Å². The van der Waals surface area contributed by atoms with Crippen LogP contribution in [0.15, 0.2) is 0 Å². The standard InChI is InChI=1S/C13H28N2O/c1-6-15(5)13(16)10-14-12(4)9-7-8-11(2)3/h11-12,14H,6-10H2,1-5H3. The van der Waals surface area contributed by atoms with Crippen molar-refractivity contribution in [1.82, 2.24) is 10.2 Å². The largest absolute Gasteiger partial charge is 0.345 e. The predicted octanol–water partition coefficient (Wildman–Crippen LogP) is 2.27. The van der Waals surface area contributed by atoms with Gasteiger partial charge in [0.15, 0.2) is 0 Å². The SMILES string of the molecule is CCN(C)C(=O)CNC(C)CCCC(C)C. The van der Waals surface area contributed by atoms with Crippen LogP contribution in [0.25, 0.3) is 0 Å². The first-order chi connectivity index (χ1) is 7.47. The van der Waals surface area contributed by atoms with Crippen molar-refractivity contribution in [2.45, 2.75) is 53.0 Å². The van der Waals surface area contributed by atoms with E-state index in [2.05, 4.69) is 26.1 Å². The summed E-state index contributed by atoms with van der Waals surface area (Å²) in [6.07, 6.45) is 3.67. The minimum absolute atomic E-state index is 0.179. The van der Waals surface area contributed by atoms with Gasteiger partial charge in [-0.15, -0.1) is 0 Å². The van der Waals surface area contributed by atoms with E-state index in [9.17, 15) is 4.79 Å². The van der Waals surface area contributed by atoms with Gasteiger partial charge < -0.3 is 10.2 Å². The molecule has 0 radical (unpaired) electrons. The summed E-state index contributed by atoms with van der Waals surface area (Å²) >= 11 is 0. The molecule has 0 rings (SSSR count). The molecule has 1 unspecified atom stereocenters. The van der Waals surface area contributed by atoms with Gasteiger partial charge in [-0.25, -0.2) is 0 Å². The molecule has 0 aliphatic heterocycles. The average Bonchev–Trinajstić information content (AvgIpc) is 2.24. The lowest BCUT2D eigenvalue weighted by Gasteiger charge is -2.18. The number of hydrogen-bond donors (Lipinski definition) is 1. The Bertz CT molecular complexity index is 192. The second-order valence-electron chi connectivity index (χ2n) is 5.01. The van der Waals surface area contributed by atoms with E-state index in [4.69, 9.17) is 0 Å². The predicted molar refractivity (Wildman–Crippen MR) is 69.5 cm³/mol. The van der Waals surface area contributed by atoms with E-state index in [1.54, 1.807) is 4.90 Å². The van der Waals surface area contributed by atoms with Gasteiger partial charge >= 0.3 is 0 Å². The minimum atomic E-state index is 0.179. The Hall–Kier alpha value is -0.570. The molecule has 0 aromatic carbocycles. The van der Waals surface area contributed by atoms with Gasteiger partial charge in [0.05, 0.1) is 6.54 Å². The van der Waals surface area contributed by atoms with Gasteiger partial charge in [0.2, 0.25) is 5.91 Å². The highest BCUT2D eigenvalue weighted by Crippen LogP contribution is 2.07. The first kappa shape index (κ1) is 15.4. The molecule has 0 aromatic heterocycles. The third-order valence-electron chi connectivity index (χ3n) is 2.92. The fourth-order valence-electron chi connectivity index (χ4n) is 1.51. The van der Waals surface area contributed by atoms with Crippen LogP contribution >= 0.6 is 0 Å². The molecular formula is C13H28N2O. The Kier molecular flexibility index (Phi) is 8.26. The number of nitrogens with one attached hydrogen (secondary N) is 1. The van der Waals surface area contributed by atoms with E-state index in [-0.39, 0.29) is 5.91 Å². The molecule has 0 bridgehead atoms. The molecule has 0 saturated heterocycles. The zero-order valence-electron chi connectivity index (χ0n) is 11.5. The fourth-order valence-corrected chi connectivity index (χ4v) is 1.51. The third kappa shape index (κ3) is 7.69. The number of nitrogens with zero attached hydrogens (tertiary/aromatic N) is 1. The number of hydrogen-bond acceptors (Lipinski definition) is 2. The number of rotatable bonds is 8. The van der Waals surface area contributed by atoms with Crippen molar-refractivity contribution in [2.24, 2.45) is 5.92 Å². The highest BCUT2D eigenvalue weighted by molar-refractivity contribution is 5.77. The maximum Gasteiger partial charge on any atom is 0.236 e. The molecular weight excluding hydrogens is 200 g/mol. The molecule has 0 spiro atoms. The summed E-state index contributed by atoms with van der Waals surface area (Å²) in [6.45, 7) is 9.88. The van der Waals surface area contributed by atoms with Crippen molar-refractivity contribution < 1.29 is 4.79 Å². The van der Waals surface area contributed by atoms with Crippen molar-refractivity contribution in [1.29, 1.82) is 0 Å². The smallest absolute Gasteiger partial charge is 0.236 e. The normalized spacial score (nSPS) is 12.9. The molecule has 0 fully saturated rings. The molecule has 0 aliphatic rings. The van der Waals surface area contributed by atoms with Gasteiger partial charge in [0, 0.05) is 19.6 Å². The van der Waals surface area contributed by atoms with Crippen LogP contribution in [0, 0.1) is 5.92 Å². The maximum absolute atomic E-state index is 11.5. The highest BCUT2D eigenvalue weighted by atomic mass is 16.2. The molecule has 1 atom stereocenters. The van der Waals surface area contributed by atoms with Crippen molar-refractivity contribution in [3.8, 4) is 0 Å². The number of amides is 1. The van der Waals surface area contributed by atoms with E-state index in [0.29, 0.717) is 12.6 Å². The molecule has 96 valence electrons. The van der Waals surface area contributed by atoms with Gasteiger partial charge in [0.1, 0.15) is 0 Å². The summed E-state index contributed by atoms with van der Waals surface area (Å²) in [5, 5.41) is 3.28. The molecule has 16 heavy (non-hydrogen) atoms.